The summed E-state index contributed by atoms with van der Waals surface area (Å²) < 4.78 is 15.4. The fourth-order valence-electron chi connectivity index (χ4n) is 2.65. The molecule has 1 aliphatic rings. The third-order valence-electron chi connectivity index (χ3n) is 4.02. The monoisotopic (exact) mass is 386 g/mol. The molecule has 0 spiro atoms. The van der Waals surface area contributed by atoms with E-state index in [1.165, 1.54) is 16.9 Å². The molecule has 0 aliphatic carbocycles. The maximum Gasteiger partial charge on any atom is 0.325 e. The molecule has 8 heteroatoms. The van der Waals surface area contributed by atoms with Crippen molar-refractivity contribution in [2.45, 2.75) is 6.92 Å². The highest BCUT2D eigenvalue weighted by Gasteiger charge is 2.40. The summed E-state index contributed by atoms with van der Waals surface area (Å²) in [7, 11) is 2.84. The Kier molecular flexibility index (Phi) is 5.27. The summed E-state index contributed by atoms with van der Waals surface area (Å²) in [6, 6.07) is 10.4. The van der Waals surface area contributed by atoms with Crippen LogP contribution in [0, 0.1) is 6.92 Å². The number of nitrogens with zero attached hydrogens (tertiary/aromatic N) is 2. The van der Waals surface area contributed by atoms with E-state index in [0.29, 0.717) is 23.0 Å². The molecular formula is C19H18N2O5S. The number of hydrogen-bond donors (Lipinski definition) is 0. The average molecular weight is 386 g/mol. The first-order chi connectivity index (χ1) is 12.9. The van der Waals surface area contributed by atoms with E-state index in [9.17, 15) is 9.59 Å². The minimum Gasteiger partial charge on any atom is -0.497 e. The van der Waals surface area contributed by atoms with E-state index >= 15 is 0 Å². The second-order valence-corrected chi connectivity index (χ2v) is 6.13. The molecule has 7 nitrogen and oxygen atoms in total. The van der Waals surface area contributed by atoms with E-state index in [0.717, 1.165) is 0 Å². The SMILES string of the molecule is COC(=O)CN1C(=S)N(c2ccc(OC)cc2)C(=O)/C1=C/c1ccc(C)o1. The van der Waals surface area contributed by atoms with E-state index in [1.807, 2.05) is 0 Å². The van der Waals surface area contributed by atoms with Gasteiger partial charge in [-0.25, -0.2) is 0 Å². The Bertz CT molecular complexity index is 916. The first kappa shape index (κ1) is 18.7. The molecule has 0 atom stereocenters. The fraction of sp³-hybridized carbons (Fsp3) is 0.211. The quantitative estimate of drug-likeness (QED) is 0.444. The zero-order valence-corrected chi connectivity index (χ0v) is 15.9. The van der Waals surface area contributed by atoms with E-state index in [1.54, 1.807) is 56.5 Å². The number of thiocarbonyl (C=S) groups is 1. The van der Waals surface area contributed by atoms with E-state index in [4.69, 9.17) is 26.1 Å². The van der Waals surface area contributed by atoms with Crippen LogP contribution in [0.25, 0.3) is 6.08 Å². The summed E-state index contributed by atoms with van der Waals surface area (Å²) >= 11 is 5.47. The average Bonchev–Trinajstić information content (AvgIpc) is 3.18. The summed E-state index contributed by atoms with van der Waals surface area (Å²) in [5.41, 5.74) is 0.801. The lowest BCUT2D eigenvalue weighted by Crippen LogP contribution is -2.35. The molecule has 3 rings (SSSR count). The zero-order valence-electron chi connectivity index (χ0n) is 15.1. The van der Waals surface area contributed by atoms with Gasteiger partial charge >= 0.3 is 5.97 Å². The highest BCUT2D eigenvalue weighted by Crippen LogP contribution is 2.30. The predicted octanol–water partition coefficient (Wildman–Crippen LogP) is 2.74. The van der Waals surface area contributed by atoms with Crippen molar-refractivity contribution in [3.63, 3.8) is 0 Å². The maximum atomic E-state index is 13.1. The fourth-order valence-corrected chi connectivity index (χ4v) is 3.00. The van der Waals surface area contributed by atoms with Crippen molar-refractivity contribution in [2.75, 3.05) is 25.7 Å². The van der Waals surface area contributed by atoms with Crippen molar-refractivity contribution in [3.8, 4) is 5.75 Å². The van der Waals surface area contributed by atoms with Gasteiger partial charge in [0, 0.05) is 6.08 Å². The zero-order chi connectivity index (χ0) is 19.6. The number of anilines is 1. The highest BCUT2D eigenvalue weighted by atomic mass is 32.1. The molecule has 1 amide bonds. The number of ether oxygens (including phenoxy) is 2. The van der Waals surface area contributed by atoms with Gasteiger partial charge in [0.15, 0.2) is 5.11 Å². The number of benzene rings is 1. The Hall–Kier alpha value is -3.13. The van der Waals surface area contributed by atoms with Crippen LogP contribution in [0.4, 0.5) is 5.69 Å². The molecule has 140 valence electrons. The second kappa shape index (κ2) is 7.63. The van der Waals surface area contributed by atoms with Crippen molar-refractivity contribution in [2.24, 2.45) is 0 Å². The molecule has 0 unspecified atom stereocenters. The summed E-state index contributed by atoms with van der Waals surface area (Å²) in [6.07, 6.45) is 1.56. The lowest BCUT2D eigenvalue weighted by molar-refractivity contribution is -0.140. The second-order valence-electron chi connectivity index (χ2n) is 5.76. The smallest absolute Gasteiger partial charge is 0.325 e. The topological polar surface area (TPSA) is 72.2 Å². The number of carbonyl (C=O) groups excluding carboxylic acids is 2. The molecular weight excluding hydrogens is 368 g/mol. The van der Waals surface area contributed by atoms with Crippen LogP contribution in [-0.2, 0) is 14.3 Å². The lowest BCUT2D eigenvalue weighted by atomic mass is 10.2. The Balaban J connectivity index is 2.01. The number of rotatable bonds is 5. The molecule has 0 bridgehead atoms. The van der Waals surface area contributed by atoms with Gasteiger partial charge in [-0.2, -0.15) is 0 Å². The normalized spacial score (nSPS) is 15.6. The molecule has 0 radical (unpaired) electrons. The Morgan fingerprint density at radius 2 is 1.89 bits per heavy atom. The summed E-state index contributed by atoms with van der Waals surface area (Å²) in [5.74, 6) is 0.988. The number of esters is 1. The standard InChI is InChI=1S/C19H18N2O5S/c1-12-4-7-15(26-12)10-16-18(23)21(13-5-8-14(24-2)9-6-13)19(27)20(16)11-17(22)25-3/h4-10H,11H2,1-3H3/b16-10-. The number of amides is 1. The molecule has 1 fully saturated rings. The number of furan rings is 1. The van der Waals surface area contributed by atoms with Crippen LogP contribution < -0.4 is 9.64 Å². The van der Waals surface area contributed by atoms with Gasteiger partial charge in [0.2, 0.25) is 0 Å². The summed E-state index contributed by atoms with van der Waals surface area (Å²) in [4.78, 5) is 27.7. The Morgan fingerprint density at radius 1 is 1.19 bits per heavy atom. The van der Waals surface area contributed by atoms with Gasteiger partial charge in [0.05, 0.1) is 19.9 Å². The van der Waals surface area contributed by atoms with Crippen molar-refractivity contribution in [1.82, 2.24) is 4.90 Å². The molecule has 0 N–H and O–H groups in total. The first-order valence-corrected chi connectivity index (χ1v) is 8.50. The predicted molar refractivity (Wildman–Crippen MR) is 103 cm³/mol. The summed E-state index contributed by atoms with van der Waals surface area (Å²) in [6.45, 7) is 1.62. The van der Waals surface area contributed by atoms with E-state index in [-0.39, 0.29) is 23.3 Å². The van der Waals surface area contributed by atoms with Gasteiger partial charge in [-0.15, -0.1) is 0 Å². The van der Waals surface area contributed by atoms with Crippen LogP contribution in [0.1, 0.15) is 11.5 Å². The molecule has 1 saturated heterocycles. The number of methoxy groups -OCH3 is 2. The van der Waals surface area contributed by atoms with Gasteiger partial charge in [0.1, 0.15) is 29.5 Å². The molecule has 2 heterocycles. The third-order valence-corrected chi connectivity index (χ3v) is 4.42. The Morgan fingerprint density at radius 3 is 2.44 bits per heavy atom. The van der Waals surface area contributed by atoms with Crippen LogP contribution in [0.2, 0.25) is 0 Å². The maximum absolute atomic E-state index is 13.1. The minimum absolute atomic E-state index is 0.181. The van der Waals surface area contributed by atoms with Gasteiger partial charge < -0.3 is 18.8 Å². The number of hydrogen-bond acceptors (Lipinski definition) is 6. The van der Waals surface area contributed by atoms with Gasteiger partial charge in [-0.05, 0) is 55.5 Å². The molecule has 1 aromatic heterocycles. The number of aryl methyl sites for hydroxylation is 1. The first-order valence-electron chi connectivity index (χ1n) is 8.09. The van der Waals surface area contributed by atoms with Crippen LogP contribution in [0.3, 0.4) is 0 Å². The van der Waals surface area contributed by atoms with Crippen LogP contribution in [0.5, 0.6) is 5.75 Å². The Labute approximate surface area is 161 Å². The van der Waals surface area contributed by atoms with Crippen molar-refractivity contribution < 1.29 is 23.5 Å². The van der Waals surface area contributed by atoms with Crippen LogP contribution in [0.15, 0.2) is 46.5 Å². The highest BCUT2D eigenvalue weighted by molar-refractivity contribution is 7.80. The van der Waals surface area contributed by atoms with Crippen LogP contribution >= 0.6 is 12.2 Å². The minimum atomic E-state index is -0.511. The van der Waals surface area contributed by atoms with Gasteiger partial charge in [-0.1, -0.05) is 0 Å². The van der Waals surface area contributed by atoms with Crippen molar-refractivity contribution >= 4 is 41.0 Å². The third kappa shape index (κ3) is 3.70. The summed E-state index contributed by atoms with van der Waals surface area (Å²) in [5, 5.41) is 0.185. The number of carbonyl (C=O) groups is 2. The molecule has 1 aromatic carbocycles. The van der Waals surface area contributed by atoms with Crippen molar-refractivity contribution in [3.05, 3.63) is 53.6 Å². The molecule has 1 aliphatic heterocycles. The van der Waals surface area contributed by atoms with Gasteiger partial charge in [0.25, 0.3) is 5.91 Å². The molecule has 2 aromatic rings. The van der Waals surface area contributed by atoms with Crippen molar-refractivity contribution in [1.29, 1.82) is 0 Å². The van der Waals surface area contributed by atoms with E-state index in [2.05, 4.69) is 0 Å². The van der Waals surface area contributed by atoms with Gasteiger partial charge in [-0.3, -0.25) is 14.5 Å². The van der Waals surface area contributed by atoms with Crippen LogP contribution in [-0.4, -0.2) is 42.7 Å². The molecule has 0 saturated carbocycles. The molecule has 27 heavy (non-hydrogen) atoms. The lowest BCUT2D eigenvalue weighted by Gasteiger charge is -2.19. The largest absolute Gasteiger partial charge is 0.497 e. The van der Waals surface area contributed by atoms with E-state index < -0.39 is 5.97 Å².